The Morgan fingerprint density at radius 2 is 1.88 bits per heavy atom. The molecule has 0 unspecified atom stereocenters. The summed E-state index contributed by atoms with van der Waals surface area (Å²) in [6.07, 6.45) is 1.63. The monoisotopic (exact) mass is 485 g/mol. The number of amides is 1. The van der Waals surface area contributed by atoms with Gasteiger partial charge in [0.1, 0.15) is 16.3 Å². The molecule has 2 aromatic heterocycles. The highest BCUT2D eigenvalue weighted by Gasteiger charge is 2.17. The van der Waals surface area contributed by atoms with E-state index < -0.39 is 17.2 Å². The van der Waals surface area contributed by atoms with Gasteiger partial charge in [-0.1, -0.05) is 42.1 Å². The van der Waals surface area contributed by atoms with Crippen molar-refractivity contribution in [3.05, 3.63) is 87.5 Å². The van der Waals surface area contributed by atoms with Crippen molar-refractivity contribution in [3.8, 4) is 5.69 Å². The van der Waals surface area contributed by atoms with Crippen LogP contribution in [-0.2, 0) is 11.2 Å². The minimum atomic E-state index is -0.802. The number of carbonyl (C=O) groups excluding carboxylic acids is 1. The highest BCUT2D eigenvalue weighted by molar-refractivity contribution is 7.99. The van der Waals surface area contributed by atoms with E-state index in [4.69, 9.17) is 0 Å². The van der Waals surface area contributed by atoms with Gasteiger partial charge in [0.2, 0.25) is 5.91 Å². The molecule has 0 fully saturated rings. The second-order valence-electron chi connectivity index (χ2n) is 7.58. The molecule has 4 rings (SSSR count). The molecular weight excluding hydrogens is 464 g/mol. The Kier molecular flexibility index (Phi) is 7.20. The number of aromatic nitrogens is 2. The largest absolute Gasteiger partial charge is 0.353 e. The van der Waals surface area contributed by atoms with Crippen LogP contribution < -0.4 is 10.9 Å². The lowest BCUT2D eigenvalue weighted by atomic mass is 10.1. The van der Waals surface area contributed by atoms with Crippen molar-refractivity contribution < 1.29 is 13.6 Å². The van der Waals surface area contributed by atoms with Gasteiger partial charge in [-0.05, 0) is 48.9 Å². The van der Waals surface area contributed by atoms with E-state index in [9.17, 15) is 18.4 Å². The van der Waals surface area contributed by atoms with Crippen LogP contribution in [0.2, 0.25) is 0 Å². The predicted molar refractivity (Wildman–Crippen MR) is 128 cm³/mol. The average molecular weight is 486 g/mol. The lowest BCUT2D eigenvalue weighted by Crippen LogP contribution is -2.34. The van der Waals surface area contributed by atoms with Gasteiger partial charge in [-0.15, -0.1) is 11.3 Å². The fourth-order valence-corrected chi connectivity index (χ4v) is 5.01. The molecule has 4 aromatic rings. The molecule has 1 amide bonds. The zero-order chi connectivity index (χ0) is 23.4. The fraction of sp³-hybridized carbons (Fsp3) is 0.208. The van der Waals surface area contributed by atoms with Crippen LogP contribution in [0.25, 0.3) is 15.9 Å². The Morgan fingerprint density at radius 1 is 1.15 bits per heavy atom. The first-order chi connectivity index (χ1) is 15.9. The van der Waals surface area contributed by atoms with Crippen LogP contribution in [0.15, 0.2) is 69.9 Å². The molecule has 0 aliphatic heterocycles. The molecular formula is C24H21F2N3O2S2. The van der Waals surface area contributed by atoms with Gasteiger partial charge in [-0.2, -0.15) is 0 Å². The number of halogens is 2. The van der Waals surface area contributed by atoms with Gasteiger partial charge in [0.15, 0.2) is 5.16 Å². The van der Waals surface area contributed by atoms with E-state index in [0.717, 1.165) is 47.4 Å². The maximum Gasteiger partial charge on any atom is 0.276 e. The van der Waals surface area contributed by atoms with Crippen LogP contribution in [0.1, 0.15) is 18.9 Å². The summed E-state index contributed by atoms with van der Waals surface area (Å²) in [5.74, 6) is -1.80. The zero-order valence-electron chi connectivity index (χ0n) is 17.8. The molecule has 0 saturated heterocycles. The second kappa shape index (κ2) is 10.3. The average Bonchev–Trinajstić information content (AvgIpc) is 3.25. The minimum Gasteiger partial charge on any atom is -0.353 e. The van der Waals surface area contributed by atoms with Crippen molar-refractivity contribution in [2.24, 2.45) is 0 Å². The lowest BCUT2D eigenvalue weighted by Gasteiger charge is -2.15. The van der Waals surface area contributed by atoms with Crippen molar-refractivity contribution in [2.75, 3.05) is 5.75 Å². The van der Waals surface area contributed by atoms with Crippen molar-refractivity contribution in [1.29, 1.82) is 0 Å². The molecule has 2 aromatic carbocycles. The summed E-state index contributed by atoms with van der Waals surface area (Å²) < 4.78 is 29.2. The molecule has 33 heavy (non-hydrogen) atoms. The van der Waals surface area contributed by atoms with Crippen molar-refractivity contribution in [2.45, 2.75) is 31.0 Å². The first-order valence-corrected chi connectivity index (χ1v) is 12.2. The number of nitrogens with zero attached hydrogens (tertiary/aromatic N) is 2. The number of thioether (sulfide) groups is 1. The fourth-order valence-electron chi connectivity index (χ4n) is 3.43. The van der Waals surface area contributed by atoms with Gasteiger partial charge in [0.25, 0.3) is 5.56 Å². The second-order valence-corrected chi connectivity index (χ2v) is 9.44. The molecule has 0 spiro atoms. The van der Waals surface area contributed by atoms with Crippen LogP contribution in [0.4, 0.5) is 8.78 Å². The molecule has 0 radical (unpaired) electrons. The highest BCUT2D eigenvalue weighted by Crippen LogP contribution is 2.24. The number of rotatable bonds is 8. The van der Waals surface area contributed by atoms with E-state index in [0.29, 0.717) is 10.2 Å². The highest BCUT2D eigenvalue weighted by atomic mass is 32.2. The summed E-state index contributed by atoms with van der Waals surface area (Å²) in [5.41, 5.74) is 1.28. The maximum atomic E-state index is 13.8. The van der Waals surface area contributed by atoms with Gasteiger partial charge in [0, 0.05) is 12.1 Å². The predicted octanol–water partition coefficient (Wildman–Crippen LogP) is 4.96. The van der Waals surface area contributed by atoms with E-state index in [-0.39, 0.29) is 28.5 Å². The van der Waals surface area contributed by atoms with Crippen LogP contribution in [-0.4, -0.2) is 27.3 Å². The number of fused-ring (bicyclic) bond motifs is 1. The Balaban J connectivity index is 1.50. The summed E-state index contributed by atoms with van der Waals surface area (Å²) in [6, 6.07) is 14.6. The van der Waals surface area contributed by atoms with E-state index in [1.54, 1.807) is 11.4 Å². The van der Waals surface area contributed by atoms with Crippen LogP contribution in [0.5, 0.6) is 0 Å². The quantitative estimate of drug-likeness (QED) is 0.283. The van der Waals surface area contributed by atoms with Gasteiger partial charge in [0.05, 0.1) is 17.0 Å². The molecule has 1 N–H and O–H groups in total. The molecule has 9 heteroatoms. The summed E-state index contributed by atoms with van der Waals surface area (Å²) in [5, 5.41) is 4.88. The first-order valence-electron chi connectivity index (χ1n) is 10.3. The lowest BCUT2D eigenvalue weighted by molar-refractivity contribution is -0.119. The molecule has 1 atom stereocenters. The third-order valence-electron chi connectivity index (χ3n) is 5.00. The Hall–Kier alpha value is -3.04. The Labute approximate surface area is 197 Å². The number of hydrogen-bond acceptors (Lipinski definition) is 5. The topological polar surface area (TPSA) is 64.0 Å². The smallest absolute Gasteiger partial charge is 0.276 e. The van der Waals surface area contributed by atoms with Crippen LogP contribution >= 0.6 is 23.1 Å². The maximum absolute atomic E-state index is 13.8. The number of benzene rings is 2. The number of thiophene rings is 1. The molecule has 0 bridgehead atoms. The number of nitrogens with one attached hydrogen (secondary N) is 1. The zero-order valence-corrected chi connectivity index (χ0v) is 19.4. The van der Waals surface area contributed by atoms with E-state index >= 15 is 0 Å². The van der Waals surface area contributed by atoms with Crippen molar-refractivity contribution in [3.63, 3.8) is 0 Å². The number of carbonyl (C=O) groups is 1. The number of aryl methyl sites for hydroxylation is 1. The van der Waals surface area contributed by atoms with Gasteiger partial charge >= 0.3 is 0 Å². The van der Waals surface area contributed by atoms with E-state index in [1.807, 2.05) is 37.3 Å². The SMILES string of the molecule is C[C@@H](CCc1ccccc1)NC(=O)CSc1nc2ccsc2c(=O)n1-c1cc(F)cc(F)c1. The van der Waals surface area contributed by atoms with Crippen molar-refractivity contribution in [1.82, 2.24) is 14.9 Å². The van der Waals surface area contributed by atoms with Gasteiger partial charge in [-0.25, -0.2) is 13.8 Å². The third-order valence-corrected chi connectivity index (χ3v) is 6.83. The summed E-state index contributed by atoms with van der Waals surface area (Å²) in [4.78, 5) is 30.0. The molecule has 0 aliphatic carbocycles. The summed E-state index contributed by atoms with van der Waals surface area (Å²) in [6.45, 7) is 1.94. The summed E-state index contributed by atoms with van der Waals surface area (Å²) in [7, 11) is 0. The molecule has 0 aliphatic rings. The normalized spacial score (nSPS) is 12.1. The molecule has 170 valence electrons. The molecule has 0 saturated carbocycles. The van der Waals surface area contributed by atoms with Crippen LogP contribution in [0, 0.1) is 11.6 Å². The van der Waals surface area contributed by atoms with E-state index in [2.05, 4.69) is 10.3 Å². The van der Waals surface area contributed by atoms with Crippen molar-refractivity contribution >= 4 is 39.2 Å². The Morgan fingerprint density at radius 3 is 2.61 bits per heavy atom. The van der Waals surface area contributed by atoms with E-state index in [1.165, 1.54) is 16.9 Å². The number of hydrogen-bond donors (Lipinski definition) is 1. The third kappa shape index (κ3) is 5.66. The minimum absolute atomic E-state index is 0.00948. The van der Waals surface area contributed by atoms with Gasteiger partial charge < -0.3 is 5.32 Å². The Bertz CT molecular complexity index is 1320. The van der Waals surface area contributed by atoms with Crippen LogP contribution in [0.3, 0.4) is 0 Å². The molecule has 5 nitrogen and oxygen atoms in total. The van der Waals surface area contributed by atoms with Gasteiger partial charge in [-0.3, -0.25) is 14.2 Å². The standard InChI is InChI=1S/C24H21F2N3O2S2/c1-15(7-8-16-5-3-2-4-6-16)27-21(30)14-33-24-28-20-9-10-32-22(20)23(31)29(24)19-12-17(25)11-18(26)13-19/h2-6,9-13,15H,7-8,14H2,1H3,(H,27,30)/t15-/m0/s1. The molecule has 2 heterocycles. The first kappa shape index (κ1) is 23.1. The summed E-state index contributed by atoms with van der Waals surface area (Å²) >= 11 is 2.25.